The predicted molar refractivity (Wildman–Crippen MR) is 40.0 cm³/mol. The molecule has 49 valence electrons. The molecule has 1 rings (SSSR count). The molecule has 0 heterocycles. The zero-order valence-electron chi connectivity index (χ0n) is 5.77. The maximum atomic E-state index is 3.26. The van der Waals surface area contributed by atoms with Crippen LogP contribution >= 0.6 is 0 Å². The van der Waals surface area contributed by atoms with Crippen LogP contribution < -0.4 is 0 Å². The molecule has 0 N–H and O–H groups in total. The van der Waals surface area contributed by atoms with Crippen molar-refractivity contribution in [1.29, 1.82) is 0 Å². The predicted octanol–water partition coefficient (Wildman–Crippen LogP) is 2.87. The summed E-state index contributed by atoms with van der Waals surface area (Å²) in [6, 6.07) is 0. The van der Waals surface area contributed by atoms with E-state index in [0.717, 1.165) is 6.42 Å². The summed E-state index contributed by atoms with van der Waals surface area (Å²) in [5.74, 6) is 0. The maximum Gasteiger partial charge on any atom is -0.0276 e. The van der Waals surface area contributed by atoms with Crippen LogP contribution in [0.5, 0.6) is 0 Å². The van der Waals surface area contributed by atoms with Crippen molar-refractivity contribution in [3.8, 4) is 0 Å². The number of hydrogen-bond donors (Lipinski definition) is 0. The van der Waals surface area contributed by atoms with E-state index >= 15 is 0 Å². The van der Waals surface area contributed by atoms with Gasteiger partial charge in [-0.3, -0.25) is 0 Å². The van der Waals surface area contributed by atoms with Gasteiger partial charge in [-0.15, -0.1) is 0 Å². The van der Waals surface area contributed by atoms with Crippen LogP contribution in [0.25, 0.3) is 0 Å². The molecule has 1 aliphatic carbocycles. The second kappa shape index (κ2) is 4.37. The van der Waals surface area contributed by atoms with E-state index in [0.29, 0.717) is 0 Å². The Bertz CT molecular complexity index is 95.2. The monoisotopic (exact) mass is 121 g/mol. The highest BCUT2D eigenvalue weighted by Crippen LogP contribution is 2.03. The number of rotatable bonds is 0. The standard InChI is InChI=1S/C9H13/c1-2-4-6-8-9-7-5-3-1/h1-2,7H,3-6,8H2. The molecule has 0 saturated heterocycles. The molecule has 0 fully saturated rings. The molecule has 0 aromatic heterocycles. The van der Waals surface area contributed by atoms with Gasteiger partial charge in [-0.2, -0.15) is 0 Å². The molecule has 0 unspecified atom stereocenters. The smallest absolute Gasteiger partial charge is 0.0276 e. The van der Waals surface area contributed by atoms with Gasteiger partial charge in [0.15, 0.2) is 0 Å². The number of hydrogen-bond acceptors (Lipinski definition) is 0. The molecule has 0 bridgehead atoms. The van der Waals surface area contributed by atoms with Crippen LogP contribution in [0, 0.1) is 6.08 Å². The fraction of sp³-hybridized carbons (Fsp3) is 0.556. The Morgan fingerprint density at radius 3 is 2.89 bits per heavy atom. The van der Waals surface area contributed by atoms with Gasteiger partial charge in [0.25, 0.3) is 0 Å². The summed E-state index contributed by atoms with van der Waals surface area (Å²) in [6.45, 7) is 0. The van der Waals surface area contributed by atoms with Crippen molar-refractivity contribution in [3.05, 3.63) is 24.3 Å². The van der Waals surface area contributed by atoms with E-state index in [2.05, 4.69) is 24.3 Å². The highest BCUT2D eigenvalue weighted by atomic mass is 13.9. The minimum absolute atomic E-state index is 1.14. The third-order valence-corrected chi connectivity index (χ3v) is 1.48. The van der Waals surface area contributed by atoms with Gasteiger partial charge in [-0.1, -0.05) is 18.2 Å². The fourth-order valence-corrected chi connectivity index (χ4v) is 0.941. The highest BCUT2D eigenvalue weighted by Gasteiger charge is 1.84. The van der Waals surface area contributed by atoms with Crippen molar-refractivity contribution in [2.45, 2.75) is 32.1 Å². The van der Waals surface area contributed by atoms with E-state index in [-0.39, 0.29) is 0 Å². The molecule has 0 saturated carbocycles. The van der Waals surface area contributed by atoms with Crippen LogP contribution in [0.4, 0.5) is 0 Å². The molecule has 0 spiro atoms. The summed E-state index contributed by atoms with van der Waals surface area (Å²) in [4.78, 5) is 0. The molecule has 0 nitrogen and oxygen atoms in total. The van der Waals surface area contributed by atoms with E-state index in [1.165, 1.54) is 25.7 Å². The molecule has 0 aromatic carbocycles. The summed E-state index contributed by atoms with van der Waals surface area (Å²) < 4.78 is 0. The Balaban J connectivity index is 2.28. The van der Waals surface area contributed by atoms with Crippen molar-refractivity contribution in [3.63, 3.8) is 0 Å². The molecule has 0 aromatic rings. The van der Waals surface area contributed by atoms with Crippen molar-refractivity contribution < 1.29 is 0 Å². The van der Waals surface area contributed by atoms with E-state index in [4.69, 9.17) is 0 Å². The fourth-order valence-electron chi connectivity index (χ4n) is 0.941. The van der Waals surface area contributed by atoms with Gasteiger partial charge >= 0.3 is 0 Å². The van der Waals surface area contributed by atoms with Crippen molar-refractivity contribution in [2.75, 3.05) is 0 Å². The van der Waals surface area contributed by atoms with E-state index in [1.807, 2.05) is 0 Å². The minimum atomic E-state index is 1.14. The molecular weight excluding hydrogens is 108 g/mol. The van der Waals surface area contributed by atoms with Gasteiger partial charge < -0.3 is 0 Å². The third-order valence-electron chi connectivity index (χ3n) is 1.48. The molecule has 9 heavy (non-hydrogen) atoms. The lowest BCUT2D eigenvalue weighted by molar-refractivity contribution is 0.855. The number of allylic oxidation sites excluding steroid dienone is 4. The average molecular weight is 121 g/mol. The zero-order valence-corrected chi connectivity index (χ0v) is 5.77. The summed E-state index contributed by atoms with van der Waals surface area (Å²) in [5, 5.41) is 0. The zero-order chi connectivity index (χ0) is 6.36. The van der Waals surface area contributed by atoms with Crippen LogP contribution in [0.3, 0.4) is 0 Å². The lowest BCUT2D eigenvalue weighted by Crippen LogP contribution is -1.66. The summed E-state index contributed by atoms with van der Waals surface area (Å²) in [5.41, 5.74) is 0. The Kier molecular flexibility index (Phi) is 3.20. The molecule has 1 aliphatic rings. The summed E-state index contributed by atoms with van der Waals surface area (Å²) in [6.07, 6.45) is 16.0. The highest BCUT2D eigenvalue weighted by molar-refractivity contribution is 4.87. The van der Waals surface area contributed by atoms with Gasteiger partial charge in [0.2, 0.25) is 0 Å². The summed E-state index contributed by atoms with van der Waals surface area (Å²) in [7, 11) is 0. The molecule has 0 aliphatic heterocycles. The van der Waals surface area contributed by atoms with Gasteiger partial charge in [-0.25, -0.2) is 0 Å². The van der Waals surface area contributed by atoms with Crippen LogP contribution in [-0.2, 0) is 0 Å². The van der Waals surface area contributed by atoms with Gasteiger partial charge in [0.05, 0.1) is 0 Å². The second-order valence-corrected chi connectivity index (χ2v) is 2.35. The summed E-state index contributed by atoms with van der Waals surface area (Å²) >= 11 is 0. The molecule has 0 amide bonds. The van der Waals surface area contributed by atoms with E-state index in [1.54, 1.807) is 0 Å². The van der Waals surface area contributed by atoms with Crippen molar-refractivity contribution >= 4 is 0 Å². The molecule has 0 heteroatoms. The largest absolute Gasteiger partial charge is 0.0885 e. The third kappa shape index (κ3) is 3.12. The Labute approximate surface area is 57.3 Å². The van der Waals surface area contributed by atoms with Gasteiger partial charge in [0, 0.05) is 0 Å². The Morgan fingerprint density at radius 1 is 1.00 bits per heavy atom. The minimum Gasteiger partial charge on any atom is -0.0885 e. The lowest BCUT2D eigenvalue weighted by atomic mass is 10.2. The Hall–Kier alpha value is -0.520. The maximum absolute atomic E-state index is 3.26. The quantitative estimate of drug-likeness (QED) is 0.432. The van der Waals surface area contributed by atoms with Crippen molar-refractivity contribution in [1.82, 2.24) is 0 Å². The molecule has 0 atom stereocenters. The second-order valence-electron chi connectivity index (χ2n) is 2.35. The van der Waals surface area contributed by atoms with Crippen LogP contribution in [0.1, 0.15) is 32.1 Å². The molecule has 1 radical (unpaired) electrons. The van der Waals surface area contributed by atoms with Crippen LogP contribution in [0.2, 0.25) is 0 Å². The normalized spacial score (nSPS) is 20.4. The average Bonchev–Trinajstić information content (AvgIpc) is 2.00. The van der Waals surface area contributed by atoms with Gasteiger partial charge in [-0.05, 0) is 38.2 Å². The van der Waals surface area contributed by atoms with E-state index in [9.17, 15) is 0 Å². The topological polar surface area (TPSA) is 0 Å². The van der Waals surface area contributed by atoms with Gasteiger partial charge in [0.1, 0.15) is 0 Å². The van der Waals surface area contributed by atoms with Crippen LogP contribution in [0.15, 0.2) is 18.2 Å². The first kappa shape index (κ1) is 6.60. The van der Waals surface area contributed by atoms with Crippen molar-refractivity contribution in [2.24, 2.45) is 0 Å². The lowest BCUT2D eigenvalue weighted by Gasteiger charge is -1.85. The van der Waals surface area contributed by atoms with E-state index < -0.39 is 0 Å². The first-order chi connectivity index (χ1) is 4.50. The molecular formula is C9H13. The SMILES string of the molecule is [C]1=CCCC=CCCC1. The van der Waals surface area contributed by atoms with Crippen LogP contribution in [-0.4, -0.2) is 0 Å². The first-order valence-electron chi connectivity index (χ1n) is 3.70. The Morgan fingerprint density at radius 2 is 1.89 bits per heavy atom. The first-order valence-corrected chi connectivity index (χ1v) is 3.70.